The molecule has 72 valence electrons. The first-order valence-corrected chi connectivity index (χ1v) is 5.36. The van der Waals surface area contributed by atoms with Crippen molar-refractivity contribution in [3.8, 4) is 0 Å². The zero-order valence-corrected chi connectivity index (χ0v) is 8.60. The van der Waals surface area contributed by atoms with Crippen molar-refractivity contribution in [2.24, 2.45) is 5.92 Å². The molecule has 0 saturated heterocycles. The molecule has 0 radical (unpaired) electrons. The van der Waals surface area contributed by atoms with E-state index in [9.17, 15) is 0 Å². The van der Waals surface area contributed by atoms with Gasteiger partial charge in [0.25, 0.3) is 0 Å². The molecule has 13 heavy (non-hydrogen) atoms. The summed E-state index contributed by atoms with van der Waals surface area (Å²) in [6, 6.07) is 0. The van der Waals surface area contributed by atoms with Crippen molar-refractivity contribution in [3.05, 3.63) is 23.0 Å². The molecule has 0 spiro atoms. The lowest BCUT2D eigenvalue weighted by Crippen LogP contribution is -2.14. The van der Waals surface area contributed by atoms with E-state index in [1.54, 1.807) is 5.57 Å². The average Bonchev–Trinajstić information content (AvgIpc) is 2.17. The topological polar surface area (TPSA) is 9.23 Å². The Morgan fingerprint density at radius 1 is 1.54 bits per heavy atom. The standard InChI is InChI=1S/C12H18O/c1-3-10-8-11-5-4-6-13-12(11)7-9(10)2/h8-9H,3-7H2,1-2H3/t9-/m1/s1. The van der Waals surface area contributed by atoms with E-state index in [2.05, 4.69) is 19.9 Å². The van der Waals surface area contributed by atoms with Crippen LogP contribution in [-0.4, -0.2) is 6.61 Å². The first-order chi connectivity index (χ1) is 6.31. The van der Waals surface area contributed by atoms with Crippen LogP contribution >= 0.6 is 0 Å². The van der Waals surface area contributed by atoms with Crippen LogP contribution in [0.2, 0.25) is 0 Å². The van der Waals surface area contributed by atoms with E-state index in [1.165, 1.54) is 30.6 Å². The van der Waals surface area contributed by atoms with Crippen molar-refractivity contribution in [2.45, 2.75) is 39.5 Å². The number of ether oxygens (including phenoxy) is 1. The number of rotatable bonds is 1. The minimum atomic E-state index is 0.696. The molecule has 1 nitrogen and oxygen atoms in total. The van der Waals surface area contributed by atoms with Crippen LogP contribution in [0.1, 0.15) is 39.5 Å². The van der Waals surface area contributed by atoms with Crippen molar-refractivity contribution in [3.63, 3.8) is 0 Å². The van der Waals surface area contributed by atoms with Crippen LogP contribution in [0, 0.1) is 5.92 Å². The maximum absolute atomic E-state index is 5.68. The molecule has 0 unspecified atom stereocenters. The molecule has 1 aliphatic heterocycles. The lowest BCUT2D eigenvalue weighted by molar-refractivity contribution is 0.171. The van der Waals surface area contributed by atoms with Crippen LogP contribution in [0.15, 0.2) is 23.0 Å². The van der Waals surface area contributed by atoms with E-state index in [0.29, 0.717) is 5.92 Å². The molecule has 0 amide bonds. The van der Waals surface area contributed by atoms with Gasteiger partial charge in [0, 0.05) is 6.42 Å². The summed E-state index contributed by atoms with van der Waals surface area (Å²) in [5.41, 5.74) is 3.07. The molecule has 0 aromatic rings. The Bertz CT molecular complexity index is 260. The Labute approximate surface area is 80.5 Å². The van der Waals surface area contributed by atoms with Crippen LogP contribution < -0.4 is 0 Å². The van der Waals surface area contributed by atoms with Gasteiger partial charge in [-0.05, 0) is 30.8 Å². The van der Waals surface area contributed by atoms with Crippen LogP contribution in [0.5, 0.6) is 0 Å². The van der Waals surface area contributed by atoms with Crippen LogP contribution in [0.25, 0.3) is 0 Å². The summed E-state index contributed by atoms with van der Waals surface area (Å²) in [7, 11) is 0. The quantitative estimate of drug-likeness (QED) is 0.597. The minimum Gasteiger partial charge on any atom is -0.498 e. The van der Waals surface area contributed by atoms with E-state index >= 15 is 0 Å². The van der Waals surface area contributed by atoms with E-state index < -0.39 is 0 Å². The highest BCUT2D eigenvalue weighted by atomic mass is 16.5. The Morgan fingerprint density at radius 2 is 2.38 bits per heavy atom. The number of hydrogen-bond acceptors (Lipinski definition) is 1. The molecular weight excluding hydrogens is 160 g/mol. The van der Waals surface area contributed by atoms with Crippen LogP contribution in [0.4, 0.5) is 0 Å². The lowest BCUT2D eigenvalue weighted by Gasteiger charge is -2.28. The zero-order chi connectivity index (χ0) is 9.26. The highest BCUT2D eigenvalue weighted by Crippen LogP contribution is 2.35. The second kappa shape index (κ2) is 3.57. The fourth-order valence-electron chi connectivity index (χ4n) is 2.26. The average molecular weight is 178 g/mol. The van der Waals surface area contributed by atoms with Crippen molar-refractivity contribution in [1.29, 1.82) is 0 Å². The number of hydrogen-bond donors (Lipinski definition) is 0. The molecule has 0 bridgehead atoms. The summed E-state index contributed by atoms with van der Waals surface area (Å²) in [6.07, 6.45) is 7.13. The summed E-state index contributed by atoms with van der Waals surface area (Å²) < 4.78 is 5.68. The van der Waals surface area contributed by atoms with Crippen LogP contribution in [-0.2, 0) is 4.74 Å². The summed E-state index contributed by atoms with van der Waals surface area (Å²) >= 11 is 0. The second-order valence-electron chi connectivity index (χ2n) is 4.08. The van der Waals surface area contributed by atoms with E-state index in [1.807, 2.05) is 0 Å². The van der Waals surface area contributed by atoms with Gasteiger partial charge in [0.15, 0.2) is 0 Å². The molecular formula is C12H18O. The van der Waals surface area contributed by atoms with E-state index in [0.717, 1.165) is 13.0 Å². The van der Waals surface area contributed by atoms with Gasteiger partial charge in [-0.15, -0.1) is 0 Å². The fraction of sp³-hybridized carbons (Fsp3) is 0.667. The van der Waals surface area contributed by atoms with Gasteiger partial charge in [0.1, 0.15) is 0 Å². The molecule has 0 saturated carbocycles. The molecule has 0 aromatic heterocycles. The predicted molar refractivity (Wildman–Crippen MR) is 54.4 cm³/mol. The highest BCUT2D eigenvalue weighted by molar-refractivity contribution is 5.33. The van der Waals surface area contributed by atoms with Crippen molar-refractivity contribution < 1.29 is 4.74 Å². The van der Waals surface area contributed by atoms with Gasteiger partial charge in [-0.25, -0.2) is 0 Å². The van der Waals surface area contributed by atoms with E-state index in [4.69, 9.17) is 4.74 Å². The maximum Gasteiger partial charge on any atom is 0.0997 e. The Morgan fingerprint density at radius 3 is 3.15 bits per heavy atom. The molecule has 1 aliphatic carbocycles. The largest absolute Gasteiger partial charge is 0.498 e. The zero-order valence-electron chi connectivity index (χ0n) is 8.60. The van der Waals surface area contributed by atoms with Gasteiger partial charge >= 0.3 is 0 Å². The second-order valence-corrected chi connectivity index (χ2v) is 4.08. The van der Waals surface area contributed by atoms with Crippen LogP contribution in [0.3, 0.4) is 0 Å². The van der Waals surface area contributed by atoms with Crippen molar-refractivity contribution in [2.75, 3.05) is 6.61 Å². The van der Waals surface area contributed by atoms with Gasteiger partial charge in [-0.1, -0.05) is 25.5 Å². The lowest BCUT2D eigenvalue weighted by atomic mass is 9.85. The van der Waals surface area contributed by atoms with Crippen molar-refractivity contribution >= 4 is 0 Å². The molecule has 1 atom stereocenters. The van der Waals surface area contributed by atoms with Gasteiger partial charge in [-0.2, -0.15) is 0 Å². The summed E-state index contributed by atoms with van der Waals surface area (Å²) in [4.78, 5) is 0. The normalized spacial score (nSPS) is 27.8. The van der Waals surface area contributed by atoms with Gasteiger partial charge in [0.05, 0.1) is 12.4 Å². The molecule has 2 aliphatic rings. The van der Waals surface area contributed by atoms with Gasteiger partial charge < -0.3 is 4.74 Å². The smallest absolute Gasteiger partial charge is 0.0997 e. The first-order valence-electron chi connectivity index (χ1n) is 5.36. The Kier molecular flexibility index (Phi) is 2.43. The molecule has 2 rings (SSSR count). The van der Waals surface area contributed by atoms with Crippen molar-refractivity contribution in [1.82, 2.24) is 0 Å². The Hall–Kier alpha value is -0.720. The maximum atomic E-state index is 5.68. The highest BCUT2D eigenvalue weighted by Gasteiger charge is 2.21. The Balaban J connectivity index is 2.24. The number of allylic oxidation sites excluding steroid dienone is 4. The molecule has 0 N–H and O–H groups in total. The minimum absolute atomic E-state index is 0.696. The third kappa shape index (κ3) is 1.65. The predicted octanol–water partition coefficient (Wildman–Crippen LogP) is 3.43. The molecule has 1 heterocycles. The molecule has 0 aromatic carbocycles. The summed E-state index contributed by atoms with van der Waals surface area (Å²) in [5, 5.41) is 0. The SMILES string of the molecule is CCC1=CC2=C(C[C@H]1C)OCCC2. The van der Waals surface area contributed by atoms with E-state index in [-0.39, 0.29) is 0 Å². The monoisotopic (exact) mass is 178 g/mol. The first kappa shape index (κ1) is 8.86. The fourth-order valence-corrected chi connectivity index (χ4v) is 2.26. The summed E-state index contributed by atoms with van der Waals surface area (Å²) in [6.45, 7) is 5.48. The third-order valence-corrected chi connectivity index (χ3v) is 3.12. The molecule has 1 heteroatoms. The van der Waals surface area contributed by atoms with Gasteiger partial charge in [0.2, 0.25) is 0 Å². The van der Waals surface area contributed by atoms with Gasteiger partial charge in [-0.3, -0.25) is 0 Å². The third-order valence-electron chi connectivity index (χ3n) is 3.12. The summed E-state index contributed by atoms with van der Waals surface area (Å²) in [5.74, 6) is 1.97. The molecule has 0 fully saturated rings.